The third-order valence-electron chi connectivity index (χ3n) is 11.9. The second-order valence-corrected chi connectivity index (χ2v) is 17.9. The highest BCUT2D eigenvalue weighted by Gasteiger charge is 2.52. The van der Waals surface area contributed by atoms with Crippen molar-refractivity contribution in [1.82, 2.24) is 10.1 Å². The molecule has 0 aromatic rings. The van der Waals surface area contributed by atoms with Gasteiger partial charge in [0, 0.05) is 23.9 Å². The molecule has 4 aliphatic rings. The Morgan fingerprint density at radius 3 is 1.19 bits per heavy atom. The first-order chi connectivity index (χ1) is 22.6. The smallest absolute Gasteiger partial charge is 0.306 e. The predicted octanol–water partition coefficient (Wildman–Crippen LogP) is 9.77. The summed E-state index contributed by atoms with van der Waals surface area (Å²) in [6.07, 6.45) is 22.5. The van der Waals surface area contributed by atoms with Gasteiger partial charge in [0.1, 0.15) is 12.2 Å². The summed E-state index contributed by atoms with van der Waals surface area (Å²) in [7, 11) is 0. The molecule has 278 valence electrons. The van der Waals surface area contributed by atoms with Crippen molar-refractivity contribution < 1.29 is 28.7 Å². The summed E-state index contributed by atoms with van der Waals surface area (Å²) >= 11 is 0. The number of carbonyl (C=O) groups is 2. The topological polar surface area (TPSA) is 77.5 Å². The van der Waals surface area contributed by atoms with E-state index in [1.807, 2.05) is 0 Å². The summed E-state index contributed by atoms with van der Waals surface area (Å²) < 4.78 is 12.2. The Kier molecular flexibility index (Phi) is 14.3. The van der Waals surface area contributed by atoms with Gasteiger partial charge in [0.2, 0.25) is 0 Å². The molecule has 2 atom stereocenters. The van der Waals surface area contributed by atoms with E-state index in [0.717, 1.165) is 89.9 Å². The first-order valence-electron chi connectivity index (χ1n) is 20.0. The molecule has 0 N–H and O–H groups in total. The Morgan fingerprint density at radius 2 is 0.833 bits per heavy atom. The molecule has 8 nitrogen and oxygen atoms in total. The van der Waals surface area contributed by atoms with E-state index in [0.29, 0.717) is 12.8 Å². The minimum absolute atomic E-state index is 0.0887. The zero-order valence-corrected chi connectivity index (χ0v) is 32.2. The first-order valence-corrected chi connectivity index (χ1v) is 20.0. The zero-order chi connectivity index (χ0) is 35.0. The maximum atomic E-state index is 12.9. The summed E-state index contributed by atoms with van der Waals surface area (Å²) in [5.74, 6) is -0.185. The lowest BCUT2D eigenvalue weighted by atomic mass is 9.79. The molecule has 2 saturated heterocycles. The monoisotopic (exact) mass is 677 g/mol. The normalized spacial score (nSPS) is 28.2. The van der Waals surface area contributed by atoms with Crippen molar-refractivity contribution in [1.29, 1.82) is 0 Å². The average Bonchev–Trinajstić information content (AvgIpc) is 3.03. The lowest BCUT2D eigenvalue weighted by Crippen LogP contribution is -2.65. The van der Waals surface area contributed by atoms with E-state index in [1.165, 1.54) is 38.5 Å². The SMILES string of the molecule is CC1(C)CCC(OC(=O)CCCCCCCCC(=O)OC2CCC(C)(C)N(OC3CCCCC3)C2(C)C)C(C)(C)N1OC1CCCCC1. The van der Waals surface area contributed by atoms with Crippen LogP contribution in [0.1, 0.15) is 197 Å². The number of nitrogens with zero attached hydrogens (tertiary/aromatic N) is 2. The molecule has 2 unspecified atom stereocenters. The van der Waals surface area contributed by atoms with Crippen molar-refractivity contribution in [2.24, 2.45) is 0 Å². The molecular formula is C40H72N2O6. The molecule has 2 aliphatic heterocycles. The Morgan fingerprint density at radius 1 is 0.500 bits per heavy atom. The summed E-state index contributed by atoms with van der Waals surface area (Å²) in [4.78, 5) is 39.0. The Balaban J connectivity index is 1.10. The number of rotatable bonds is 15. The molecule has 0 radical (unpaired) electrons. The van der Waals surface area contributed by atoms with Crippen molar-refractivity contribution in [2.75, 3.05) is 0 Å². The van der Waals surface area contributed by atoms with Crippen LogP contribution in [0.3, 0.4) is 0 Å². The molecule has 4 fully saturated rings. The van der Waals surface area contributed by atoms with E-state index in [1.54, 1.807) is 0 Å². The number of carbonyl (C=O) groups excluding carboxylic acids is 2. The van der Waals surface area contributed by atoms with Crippen molar-refractivity contribution >= 4 is 11.9 Å². The lowest BCUT2D eigenvalue weighted by molar-refractivity contribution is -0.327. The minimum Gasteiger partial charge on any atom is -0.460 e. The highest BCUT2D eigenvalue weighted by Crippen LogP contribution is 2.43. The van der Waals surface area contributed by atoms with Gasteiger partial charge in [0.25, 0.3) is 0 Å². The zero-order valence-electron chi connectivity index (χ0n) is 32.2. The predicted molar refractivity (Wildman–Crippen MR) is 191 cm³/mol. The quantitative estimate of drug-likeness (QED) is 0.125. The number of unbranched alkanes of at least 4 members (excludes halogenated alkanes) is 5. The molecule has 0 aromatic heterocycles. The van der Waals surface area contributed by atoms with Crippen LogP contribution in [0.5, 0.6) is 0 Å². The number of ether oxygens (including phenoxy) is 2. The largest absolute Gasteiger partial charge is 0.460 e. The highest BCUT2D eigenvalue weighted by molar-refractivity contribution is 5.70. The second-order valence-electron chi connectivity index (χ2n) is 17.9. The van der Waals surface area contributed by atoms with Gasteiger partial charge in [-0.1, -0.05) is 64.2 Å². The molecule has 0 bridgehead atoms. The van der Waals surface area contributed by atoms with Crippen LogP contribution in [-0.4, -0.2) is 68.6 Å². The van der Waals surface area contributed by atoms with Gasteiger partial charge in [-0.3, -0.25) is 19.3 Å². The van der Waals surface area contributed by atoms with E-state index in [9.17, 15) is 9.59 Å². The maximum Gasteiger partial charge on any atom is 0.306 e. The van der Waals surface area contributed by atoms with Gasteiger partial charge in [-0.2, -0.15) is 10.1 Å². The molecule has 8 heteroatoms. The van der Waals surface area contributed by atoms with Crippen LogP contribution in [0.4, 0.5) is 0 Å². The fourth-order valence-electron chi connectivity index (χ4n) is 8.98. The minimum atomic E-state index is -0.374. The maximum absolute atomic E-state index is 12.9. The number of hydrogen-bond donors (Lipinski definition) is 0. The van der Waals surface area contributed by atoms with Crippen LogP contribution in [0.2, 0.25) is 0 Å². The molecule has 0 spiro atoms. The Labute approximate surface area is 293 Å². The van der Waals surface area contributed by atoms with E-state index < -0.39 is 0 Å². The summed E-state index contributed by atoms with van der Waals surface area (Å²) in [5.41, 5.74) is -0.925. The fraction of sp³-hybridized carbons (Fsp3) is 0.950. The third kappa shape index (κ3) is 10.6. The van der Waals surface area contributed by atoms with Crippen LogP contribution in [-0.2, 0) is 28.7 Å². The van der Waals surface area contributed by atoms with Gasteiger partial charge in [0.15, 0.2) is 0 Å². The van der Waals surface area contributed by atoms with Gasteiger partial charge in [-0.05, 0) is 120 Å². The summed E-state index contributed by atoms with van der Waals surface area (Å²) in [6, 6.07) is 0. The van der Waals surface area contributed by atoms with Crippen LogP contribution < -0.4 is 0 Å². The van der Waals surface area contributed by atoms with E-state index in [-0.39, 0.29) is 58.5 Å². The molecule has 2 saturated carbocycles. The average molecular weight is 677 g/mol. The van der Waals surface area contributed by atoms with Crippen molar-refractivity contribution in [2.45, 2.75) is 243 Å². The lowest BCUT2D eigenvalue weighted by Gasteiger charge is -2.55. The van der Waals surface area contributed by atoms with Gasteiger partial charge >= 0.3 is 11.9 Å². The molecule has 0 amide bonds. The third-order valence-corrected chi connectivity index (χ3v) is 11.9. The highest BCUT2D eigenvalue weighted by atomic mass is 16.7. The first kappa shape index (κ1) is 39.6. The molecule has 4 rings (SSSR count). The molecule has 0 aromatic carbocycles. The summed E-state index contributed by atoms with van der Waals surface area (Å²) in [5, 5.41) is 4.34. The number of hydroxylamine groups is 4. The second kappa shape index (κ2) is 17.3. The van der Waals surface area contributed by atoms with Gasteiger partial charge < -0.3 is 9.47 Å². The van der Waals surface area contributed by atoms with Crippen molar-refractivity contribution in [3.05, 3.63) is 0 Å². The Bertz CT molecular complexity index is 933. The standard InChI is InChI=1S/C40H72N2O6/c1-37(2)29-27-33(39(5,6)41(37)47-31-21-15-13-16-22-31)45-35(43)25-19-11-9-10-12-20-26-36(44)46-34-28-30-38(3,4)42(40(34,7)8)48-32-23-17-14-18-24-32/h31-34H,9-30H2,1-8H3. The van der Waals surface area contributed by atoms with Gasteiger partial charge in [-0.25, -0.2) is 0 Å². The van der Waals surface area contributed by atoms with Crippen molar-refractivity contribution in [3.63, 3.8) is 0 Å². The van der Waals surface area contributed by atoms with Gasteiger partial charge in [0.05, 0.1) is 23.3 Å². The van der Waals surface area contributed by atoms with E-state index in [4.69, 9.17) is 19.1 Å². The van der Waals surface area contributed by atoms with E-state index >= 15 is 0 Å². The van der Waals surface area contributed by atoms with Crippen LogP contribution in [0.15, 0.2) is 0 Å². The number of esters is 2. The number of piperidine rings is 2. The van der Waals surface area contributed by atoms with Crippen LogP contribution >= 0.6 is 0 Å². The van der Waals surface area contributed by atoms with Crippen LogP contribution in [0, 0.1) is 0 Å². The molecule has 2 heterocycles. The summed E-state index contributed by atoms with van der Waals surface area (Å²) in [6.45, 7) is 17.7. The molecular weight excluding hydrogens is 604 g/mol. The number of hydrogen-bond acceptors (Lipinski definition) is 8. The molecule has 2 aliphatic carbocycles. The Hall–Kier alpha value is -1.22. The van der Waals surface area contributed by atoms with Gasteiger partial charge in [-0.15, -0.1) is 0 Å². The van der Waals surface area contributed by atoms with Crippen LogP contribution in [0.25, 0.3) is 0 Å². The van der Waals surface area contributed by atoms with Crippen molar-refractivity contribution in [3.8, 4) is 0 Å². The van der Waals surface area contributed by atoms with E-state index in [2.05, 4.69) is 65.5 Å². The molecule has 48 heavy (non-hydrogen) atoms. The fourth-order valence-corrected chi connectivity index (χ4v) is 8.98.